The molecule has 3 rings (SSSR count). The molecule has 1 N–H and O–H groups in total. The van der Waals surface area contributed by atoms with Crippen molar-refractivity contribution in [2.75, 3.05) is 7.11 Å². The normalized spacial score (nSPS) is 11.8. The van der Waals surface area contributed by atoms with Crippen molar-refractivity contribution < 1.29 is 19.2 Å². The van der Waals surface area contributed by atoms with Gasteiger partial charge in [0.05, 0.1) is 18.1 Å². The summed E-state index contributed by atoms with van der Waals surface area (Å²) in [6, 6.07) is 20.5. The third-order valence-corrected chi connectivity index (χ3v) is 5.82. The molecule has 0 fully saturated rings. The number of hydrogen-bond acceptors (Lipinski definition) is 6. The fraction of sp³-hybridized carbons (Fsp3) is 0.154. The zero-order valence-electron chi connectivity index (χ0n) is 19.0. The number of nitriles is 1. The third kappa shape index (κ3) is 6.68. The SMILES string of the molecule is COc1cc(/C=C(/C#N)C(=O)N[C@@H](C)c2ccccc2)c(Br)cc1OCc1ccc([N+](=O)[O-])cc1. The number of nitrogens with zero attached hydrogens (tertiary/aromatic N) is 2. The Morgan fingerprint density at radius 3 is 2.46 bits per heavy atom. The molecule has 8 nitrogen and oxygen atoms in total. The smallest absolute Gasteiger partial charge is 0.269 e. The van der Waals surface area contributed by atoms with Gasteiger partial charge in [0.15, 0.2) is 11.5 Å². The van der Waals surface area contributed by atoms with E-state index in [4.69, 9.17) is 9.47 Å². The quantitative estimate of drug-likeness (QED) is 0.162. The first kappa shape index (κ1) is 25.5. The number of hydrogen-bond donors (Lipinski definition) is 1. The van der Waals surface area contributed by atoms with E-state index in [1.807, 2.05) is 43.3 Å². The number of ether oxygens (including phenoxy) is 2. The van der Waals surface area contributed by atoms with Gasteiger partial charge in [-0.3, -0.25) is 14.9 Å². The topological polar surface area (TPSA) is 114 Å². The van der Waals surface area contributed by atoms with Gasteiger partial charge in [-0.15, -0.1) is 0 Å². The van der Waals surface area contributed by atoms with Gasteiger partial charge in [0, 0.05) is 16.6 Å². The number of benzene rings is 3. The number of nitro benzene ring substituents is 1. The second-order valence-electron chi connectivity index (χ2n) is 7.51. The van der Waals surface area contributed by atoms with E-state index in [-0.39, 0.29) is 23.9 Å². The molecule has 3 aromatic rings. The molecule has 1 atom stereocenters. The molecule has 0 aliphatic rings. The van der Waals surface area contributed by atoms with Crippen molar-refractivity contribution in [3.63, 3.8) is 0 Å². The lowest BCUT2D eigenvalue weighted by atomic mass is 10.1. The lowest BCUT2D eigenvalue weighted by Gasteiger charge is -2.15. The molecule has 0 radical (unpaired) electrons. The van der Waals surface area contributed by atoms with Gasteiger partial charge in [0.25, 0.3) is 11.6 Å². The van der Waals surface area contributed by atoms with Crippen molar-refractivity contribution in [3.05, 3.63) is 104 Å². The van der Waals surface area contributed by atoms with E-state index >= 15 is 0 Å². The summed E-state index contributed by atoms with van der Waals surface area (Å²) in [5.41, 5.74) is 2.17. The van der Waals surface area contributed by atoms with Crippen LogP contribution in [0.3, 0.4) is 0 Å². The van der Waals surface area contributed by atoms with E-state index in [1.165, 1.54) is 25.3 Å². The maximum atomic E-state index is 12.7. The molecule has 0 spiro atoms. The van der Waals surface area contributed by atoms with Gasteiger partial charge in [-0.05, 0) is 54.0 Å². The number of rotatable bonds is 9. The molecule has 0 aliphatic heterocycles. The van der Waals surface area contributed by atoms with Crippen molar-refractivity contribution in [1.82, 2.24) is 5.32 Å². The highest BCUT2D eigenvalue weighted by atomic mass is 79.9. The first-order chi connectivity index (χ1) is 16.8. The van der Waals surface area contributed by atoms with Crippen molar-refractivity contribution in [3.8, 4) is 17.6 Å². The lowest BCUT2D eigenvalue weighted by molar-refractivity contribution is -0.384. The van der Waals surface area contributed by atoms with E-state index < -0.39 is 10.8 Å². The number of halogens is 1. The molecule has 0 heterocycles. The van der Waals surface area contributed by atoms with Crippen LogP contribution >= 0.6 is 15.9 Å². The van der Waals surface area contributed by atoms with E-state index in [9.17, 15) is 20.2 Å². The summed E-state index contributed by atoms with van der Waals surface area (Å²) < 4.78 is 11.9. The molecule has 35 heavy (non-hydrogen) atoms. The summed E-state index contributed by atoms with van der Waals surface area (Å²) in [6.45, 7) is 2.01. The van der Waals surface area contributed by atoms with Crippen LogP contribution in [0.15, 0.2) is 76.8 Å². The van der Waals surface area contributed by atoms with Crippen LogP contribution in [0.25, 0.3) is 6.08 Å². The minimum Gasteiger partial charge on any atom is -0.493 e. The highest BCUT2D eigenvalue weighted by Crippen LogP contribution is 2.35. The average Bonchev–Trinajstić information content (AvgIpc) is 2.87. The predicted molar refractivity (Wildman–Crippen MR) is 135 cm³/mol. The van der Waals surface area contributed by atoms with Crippen molar-refractivity contribution in [2.24, 2.45) is 0 Å². The maximum absolute atomic E-state index is 12.7. The molecule has 3 aromatic carbocycles. The molecule has 0 unspecified atom stereocenters. The summed E-state index contributed by atoms with van der Waals surface area (Å²) in [6.07, 6.45) is 1.47. The zero-order chi connectivity index (χ0) is 25.4. The Bertz CT molecular complexity index is 1280. The van der Waals surface area contributed by atoms with E-state index in [2.05, 4.69) is 21.2 Å². The standard InChI is InChI=1S/C26H22BrN3O5/c1-17(19-6-4-3-5-7-19)29-26(31)21(15-28)12-20-13-24(34-2)25(14-23(20)27)35-16-18-8-10-22(11-9-18)30(32)33/h3-14,17H,16H2,1-2H3,(H,29,31)/b21-12-/t17-/m0/s1. The average molecular weight is 536 g/mol. The van der Waals surface area contributed by atoms with Crippen LogP contribution in [-0.4, -0.2) is 17.9 Å². The van der Waals surface area contributed by atoms with E-state index in [0.717, 1.165) is 11.1 Å². The van der Waals surface area contributed by atoms with Crippen LogP contribution in [0.5, 0.6) is 11.5 Å². The monoisotopic (exact) mass is 535 g/mol. The number of nitrogens with one attached hydrogen (secondary N) is 1. The van der Waals surface area contributed by atoms with E-state index in [0.29, 0.717) is 21.5 Å². The second kappa shape index (κ2) is 11.8. The van der Waals surface area contributed by atoms with Gasteiger partial charge in [-0.25, -0.2) is 0 Å². The van der Waals surface area contributed by atoms with Crippen LogP contribution in [-0.2, 0) is 11.4 Å². The van der Waals surface area contributed by atoms with Crippen LogP contribution in [0.4, 0.5) is 5.69 Å². The van der Waals surface area contributed by atoms with Crippen molar-refractivity contribution in [2.45, 2.75) is 19.6 Å². The Morgan fingerprint density at radius 1 is 1.17 bits per heavy atom. The molecule has 0 aromatic heterocycles. The molecule has 1 amide bonds. The highest BCUT2D eigenvalue weighted by molar-refractivity contribution is 9.10. The fourth-order valence-corrected chi connectivity index (χ4v) is 3.65. The first-order valence-electron chi connectivity index (χ1n) is 10.5. The zero-order valence-corrected chi connectivity index (χ0v) is 20.6. The minimum absolute atomic E-state index is 0.000659. The Kier molecular flexibility index (Phi) is 8.59. The summed E-state index contributed by atoms with van der Waals surface area (Å²) in [5, 5.41) is 23.2. The van der Waals surface area contributed by atoms with Crippen molar-refractivity contribution in [1.29, 1.82) is 5.26 Å². The van der Waals surface area contributed by atoms with Gasteiger partial charge < -0.3 is 14.8 Å². The van der Waals surface area contributed by atoms with Gasteiger partial charge >= 0.3 is 0 Å². The van der Waals surface area contributed by atoms with Crippen molar-refractivity contribution >= 4 is 33.6 Å². The highest BCUT2D eigenvalue weighted by Gasteiger charge is 2.16. The van der Waals surface area contributed by atoms with Gasteiger partial charge in [-0.1, -0.05) is 46.3 Å². The Hall–Kier alpha value is -4.16. The third-order valence-electron chi connectivity index (χ3n) is 5.14. The Morgan fingerprint density at radius 2 is 1.86 bits per heavy atom. The summed E-state index contributed by atoms with van der Waals surface area (Å²) >= 11 is 3.46. The molecule has 0 aliphatic carbocycles. The summed E-state index contributed by atoms with van der Waals surface area (Å²) in [4.78, 5) is 23.0. The van der Waals surface area contributed by atoms with Gasteiger partial charge in [0.2, 0.25) is 0 Å². The number of non-ortho nitro benzene ring substituents is 1. The van der Waals surface area contributed by atoms with Gasteiger partial charge in [0.1, 0.15) is 18.2 Å². The number of nitro groups is 1. The first-order valence-corrected chi connectivity index (χ1v) is 11.3. The fourth-order valence-electron chi connectivity index (χ4n) is 3.21. The molecule has 0 saturated heterocycles. The van der Waals surface area contributed by atoms with E-state index in [1.54, 1.807) is 24.3 Å². The van der Waals surface area contributed by atoms with Crippen LogP contribution in [0.1, 0.15) is 29.7 Å². The number of amides is 1. The molecule has 0 bridgehead atoms. The predicted octanol–water partition coefficient (Wildman–Crippen LogP) is 5.73. The number of methoxy groups -OCH3 is 1. The van der Waals surface area contributed by atoms with Gasteiger partial charge in [-0.2, -0.15) is 5.26 Å². The summed E-state index contributed by atoms with van der Waals surface area (Å²) in [5.74, 6) is 0.334. The lowest BCUT2D eigenvalue weighted by Crippen LogP contribution is -2.27. The molecule has 9 heteroatoms. The Balaban J connectivity index is 1.77. The minimum atomic E-state index is -0.492. The summed E-state index contributed by atoms with van der Waals surface area (Å²) in [7, 11) is 1.48. The Labute approximate surface area is 211 Å². The largest absolute Gasteiger partial charge is 0.493 e. The van der Waals surface area contributed by atoms with Crippen LogP contribution < -0.4 is 14.8 Å². The molecular formula is C26H22BrN3O5. The maximum Gasteiger partial charge on any atom is 0.269 e. The molecular weight excluding hydrogens is 514 g/mol. The number of carbonyl (C=O) groups is 1. The second-order valence-corrected chi connectivity index (χ2v) is 8.37. The van der Waals surface area contributed by atoms with Crippen LogP contribution in [0.2, 0.25) is 0 Å². The molecule has 178 valence electrons. The van der Waals surface area contributed by atoms with Crippen LogP contribution in [0, 0.1) is 21.4 Å². The number of carbonyl (C=O) groups excluding carboxylic acids is 1. The molecule has 0 saturated carbocycles.